The van der Waals surface area contributed by atoms with Crippen LogP contribution in [0.15, 0.2) is 18.2 Å². The van der Waals surface area contributed by atoms with Gasteiger partial charge in [-0.25, -0.2) is 13.2 Å². The van der Waals surface area contributed by atoms with Crippen molar-refractivity contribution in [3.8, 4) is 0 Å². The van der Waals surface area contributed by atoms with Crippen molar-refractivity contribution in [3.63, 3.8) is 0 Å². The van der Waals surface area contributed by atoms with Crippen LogP contribution >= 0.6 is 11.6 Å². The average Bonchev–Trinajstić information content (AvgIpc) is 2.48. The Morgan fingerprint density at radius 3 is 2.90 bits per heavy atom. The summed E-state index contributed by atoms with van der Waals surface area (Å²) < 4.78 is 39.1. The number of alkyl halides is 2. The van der Waals surface area contributed by atoms with Gasteiger partial charge in [0.05, 0.1) is 5.02 Å². The Labute approximate surface area is 126 Å². The maximum atomic E-state index is 13.3. The Bertz CT molecular complexity index is 513. The van der Waals surface area contributed by atoms with Crippen molar-refractivity contribution < 1.29 is 18.0 Å². The second-order valence-electron chi connectivity index (χ2n) is 4.94. The van der Waals surface area contributed by atoms with Crippen LogP contribution in [-0.4, -0.2) is 42.9 Å². The Kier molecular flexibility index (Phi) is 5.47. The molecule has 1 saturated heterocycles. The zero-order valence-electron chi connectivity index (χ0n) is 11.3. The molecule has 0 aliphatic carbocycles. The molecule has 1 aliphatic heterocycles. The summed E-state index contributed by atoms with van der Waals surface area (Å²) in [5.74, 6) is -0.883. The first kappa shape index (κ1) is 16.1. The third kappa shape index (κ3) is 4.11. The van der Waals surface area contributed by atoms with Gasteiger partial charge in [-0.2, -0.15) is 0 Å². The van der Waals surface area contributed by atoms with Crippen LogP contribution in [0.1, 0.15) is 12.0 Å². The monoisotopic (exact) mass is 320 g/mol. The van der Waals surface area contributed by atoms with E-state index in [1.165, 1.54) is 17.0 Å². The minimum absolute atomic E-state index is 0.0185. The van der Waals surface area contributed by atoms with E-state index in [4.69, 9.17) is 11.6 Å². The fraction of sp³-hybridized carbons (Fsp3) is 0.500. The lowest BCUT2D eigenvalue weighted by Crippen LogP contribution is -2.56. The molecular formula is C14H16ClF3N2O. The maximum Gasteiger partial charge on any atom is 0.259 e. The van der Waals surface area contributed by atoms with E-state index in [1.54, 1.807) is 6.07 Å². The highest BCUT2D eigenvalue weighted by atomic mass is 35.5. The molecule has 0 saturated carbocycles. The van der Waals surface area contributed by atoms with Gasteiger partial charge in [-0.05, 0) is 24.1 Å². The van der Waals surface area contributed by atoms with Gasteiger partial charge in [-0.1, -0.05) is 17.7 Å². The summed E-state index contributed by atoms with van der Waals surface area (Å²) in [7, 11) is 0. The van der Waals surface area contributed by atoms with Crippen LogP contribution in [0.25, 0.3) is 0 Å². The van der Waals surface area contributed by atoms with Crippen molar-refractivity contribution >= 4 is 17.5 Å². The number of benzene rings is 1. The zero-order valence-corrected chi connectivity index (χ0v) is 12.0. The van der Waals surface area contributed by atoms with Crippen LogP contribution in [0.3, 0.4) is 0 Å². The van der Waals surface area contributed by atoms with Crippen LogP contribution < -0.4 is 5.32 Å². The Morgan fingerprint density at radius 1 is 1.48 bits per heavy atom. The summed E-state index contributed by atoms with van der Waals surface area (Å²) >= 11 is 5.58. The molecule has 21 heavy (non-hydrogen) atoms. The van der Waals surface area contributed by atoms with Gasteiger partial charge < -0.3 is 10.2 Å². The molecule has 1 N–H and O–H groups in total. The van der Waals surface area contributed by atoms with Crippen LogP contribution in [0.5, 0.6) is 0 Å². The molecule has 1 atom stereocenters. The van der Waals surface area contributed by atoms with Crippen molar-refractivity contribution in [2.45, 2.75) is 25.3 Å². The minimum atomic E-state index is -2.57. The maximum absolute atomic E-state index is 13.3. The Balaban J connectivity index is 1.95. The van der Waals surface area contributed by atoms with Crippen LogP contribution in [0, 0.1) is 5.82 Å². The lowest BCUT2D eigenvalue weighted by Gasteiger charge is -2.35. The number of hydrogen-bond donors (Lipinski definition) is 1. The molecule has 2 rings (SSSR count). The number of nitrogens with zero attached hydrogens (tertiary/aromatic N) is 1. The highest BCUT2D eigenvalue weighted by Crippen LogP contribution is 2.18. The van der Waals surface area contributed by atoms with Gasteiger partial charge in [0.25, 0.3) is 6.43 Å². The molecule has 1 heterocycles. The summed E-state index contributed by atoms with van der Waals surface area (Å²) in [5.41, 5.74) is 0.619. The first-order valence-corrected chi connectivity index (χ1v) is 7.09. The zero-order chi connectivity index (χ0) is 15.4. The molecule has 0 spiro atoms. The minimum Gasteiger partial charge on any atom is -0.331 e. The van der Waals surface area contributed by atoms with Gasteiger partial charge in [0.2, 0.25) is 5.91 Å². The number of piperazine rings is 1. The van der Waals surface area contributed by atoms with E-state index in [2.05, 4.69) is 5.32 Å². The normalized spacial score (nSPS) is 19.1. The highest BCUT2D eigenvalue weighted by molar-refractivity contribution is 6.30. The van der Waals surface area contributed by atoms with Gasteiger partial charge >= 0.3 is 0 Å². The first-order chi connectivity index (χ1) is 9.99. The van der Waals surface area contributed by atoms with E-state index in [9.17, 15) is 18.0 Å². The predicted molar refractivity (Wildman–Crippen MR) is 74.1 cm³/mol. The second-order valence-corrected chi connectivity index (χ2v) is 5.35. The summed E-state index contributed by atoms with van der Waals surface area (Å²) in [5, 5.41) is 2.87. The number of carbonyl (C=O) groups excluding carboxylic acids is 1. The molecule has 7 heteroatoms. The molecular weight excluding hydrogens is 305 g/mol. The number of nitrogens with one attached hydrogen (secondary N) is 1. The van der Waals surface area contributed by atoms with Gasteiger partial charge in [0.1, 0.15) is 11.9 Å². The lowest BCUT2D eigenvalue weighted by molar-refractivity contribution is -0.138. The van der Waals surface area contributed by atoms with E-state index < -0.39 is 18.3 Å². The van der Waals surface area contributed by atoms with Crippen molar-refractivity contribution in [2.24, 2.45) is 0 Å². The molecule has 1 aliphatic rings. The smallest absolute Gasteiger partial charge is 0.259 e. The molecule has 0 bridgehead atoms. The van der Waals surface area contributed by atoms with Gasteiger partial charge in [0, 0.05) is 26.1 Å². The number of rotatable bonds is 4. The number of hydrogen-bond acceptors (Lipinski definition) is 2. The fourth-order valence-electron chi connectivity index (χ4n) is 2.35. The largest absolute Gasteiger partial charge is 0.331 e. The molecule has 116 valence electrons. The number of amides is 1. The quantitative estimate of drug-likeness (QED) is 0.924. The van der Waals surface area contributed by atoms with Crippen LogP contribution in [0.4, 0.5) is 13.2 Å². The molecule has 0 radical (unpaired) electrons. The summed E-state index contributed by atoms with van der Waals surface area (Å²) in [6.07, 6.45) is -2.20. The first-order valence-electron chi connectivity index (χ1n) is 6.71. The summed E-state index contributed by atoms with van der Waals surface area (Å²) in [6, 6.07) is 3.22. The van der Waals surface area contributed by atoms with E-state index in [-0.39, 0.29) is 30.4 Å². The third-order valence-corrected chi connectivity index (χ3v) is 3.81. The van der Waals surface area contributed by atoms with Gasteiger partial charge in [0.15, 0.2) is 0 Å². The van der Waals surface area contributed by atoms with E-state index in [0.717, 1.165) is 0 Å². The standard InChI is InChI=1S/C14H16ClF3N2O/c15-10-3-1-9(7-11(10)16)2-4-13(21)20-6-5-19-8-12(20)14(17)18/h1,3,7,12,14,19H,2,4-6,8H2. The molecule has 1 unspecified atom stereocenters. The molecule has 1 aromatic rings. The average molecular weight is 321 g/mol. The number of halogens is 4. The lowest BCUT2D eigenvalue weighted by atomic mass is 10.1. The van der Waals surface area contributed by atoms with Crippen molar-refractivity contribution in [3.05, 3.63) is 34.6 Å². The predicted octanol–water partition coefficient (Wildman–Crippen LogP) is 2.48. The SMILES string of the molecule is O=C(CCc1ccc(Cl)c(F)c1)N1CCNCC1C(F)F. The van der Waals surface area contributed by atoms with E-state index in [0.29, 0.717) is 18.5 Å². The molecule has 0 aromatic heterocycles. The Hall–Kier alpha value is -1.27. The van der Waals surface area contributed by atoms with Gasteiger partial charge in [-0.15, -0.1) is 0 Å². The molecule has 3 nitrogen and oxygen atoms in total. The number of aryl methyl sites for hydroxylation is 1. The van der Waals surface area contributed by atoms with Crippen molar-refractivity contribution in [1.82, 2.24) is 10.2 Å². The van der Waals surface area contributed by atoms with E-state index in [1.807, 2.05) is 0 Å². The van der Waals surface area contributed by atoms with Crippen LogP contribution in [0.2, 0.25) is 5.02 Å². The van der Waals surface area contributed by atoms with E-state index >= 15 is 0 Å². The second kappa shape index (κ2) is 7.13. The van der Waals surface area contributed by atoms with Gasteiger partial charge in [-0.3, -0.25) is 4.79 Å². The van der Waals surface area contributed by atoms with Crippen LogP contribution in [-0.2, 0) is 11.2 Å². The Morgan fingerprint density at radius 2 is 2.24 bits per heavy atom. The summed E-state index contributed by atoms with van der Waals surface area (Å²) in [6.45, 7) is 0.867. The fourth-order valence-corrected chi connectivity index (χ4v) is 2.47. The van der Waals surface area contributed by atoms with Crippen molar-refractivity contribution in [1.29, 1.82) is 0 Å². The third-order valence-electron chi connectivity index (χ3n) is 3.51. The molecule has 1 fully saturated rings. The molecule has 1 amide bonds. The summed E-state index contributed by atoms with van der Waals surface area (Å²) in [4.78, 5) is 13.3. The topological polar surface area (TPSA) is 32.3 Å². The van der Waals surface area contributed by atoms with Crippen molar-refractivity contribution in [2.75, 3.05) is 19.6 Å². The highest BCUT2D eigenvalue weighted by Gasteiger charge is 2.32. The molecule has 1 aromatic carbocycles. The number of carbonyl (C=O) groups is 1.